The molecule has 2 aromatic rings. The van der Waals surface area contributed by atoms with Crippen LogP contribution in [0.2, 0.25) is 0 Å². The summed E-state index contributed by atoms with van der Waals surface area (Å²) in [5, 5.41) is 3.41. The first-order valence-corrected chi connectivity index (χ1v) is 7.25. The fourth-order valence-electron chi connectivity index (χ4n) is 2.04. The topological polar surface area (TPSA) is 15.3 Å². The molecule has 0 heterocycles. The first-order valence-electron chi connectivity index (χ1n) is 6.46. The van der Waals surface area contributed by atoms with E-state index < -0.39 is 0 Å². The number of halogens is 2. The minimum atomic E-state index is -0.233. The first kappa shape index (κ1) is 14.9. The number of hydrogen-bond acceptors (Lipinski definition) is 2. The number of benzene rings is 2. The van der Waals surface area contributed by atoms with Crippen LogP contribution in [-0.4, -0.2) is 14.1 Å². The van der Waals surface area contributed by atoms with Crippen LogP contribution >= 0.6 is 15.9 Å². The first-order chi connectivity index (χ1) is 9.47. The van der Waals surface area contributed by atoms with Gasteiger partial charge in [-0.3, -0.25) is 0 Å². The molecule has 0 aliphatic carbocycles. The molecule has 0 amide bonds. The number of nitrogens with zero attached hydrogens (tertiary/aromatic N) is 1. The van der Waals surface area contributed by atoms with Crippen LogP contribution in [0.5, 0.6) is 0 Å². The molecule has 0 aliphatic rings. The van der Waals surface area contributed by atoms with E-state index in [1.165, 1.54) is 12.1 Å². The van der Waals surface area contributed by atoms with Crippen molar-refractivity contribution in [3.05, 3.63) is 58.3 Å². The molecule has 0 bridgehead atoms. The van der Waals surface area contributed by atoms with E-state index in [0.29, 0.717) is 0 Å². The summed E-state index contributed by atoms with van der Waals surface area (Å²) in [7, 11) is 4.03. The van der Waals surface area contributed by atoms with E-state index >= 15 is 0 Å². The minimum absolute atomic E-state index is 0.0928. The molecule has 1 atom stereocenters. The van der Waals surface area contributed by atoms with E-state index in [1.54, 1.807) is 6.07 Å². The molecular formula is C16H18BrFN2. The summed E-state index contributed by atoms with van der Waals surface area (Å²) in [5.41, 5.74) is 3.23. The molecule has 0 saturated carbocycles. The van der Waals surface area contributed by atoms with Gasteiger partial charge in [0.1, 0.15) is 5.82 Å². The summed E-state index contributed by atoms with van der Waals surface area (Å²) in [6.07, 6.45) is 0. The van der Waals surface area contributed by atoms with Crippen molar-refractivity contribution in [3.63, 3.8) is 0 Å². The highest BCUT2D eigenvalue weighted by molar-refractivity contribution is 9.10. The quantitative estimate of drug-likeness (QED) is 0.860. The molecule has 0 radical (unpaired) electrons. The SMILES string of the molecule is CC(Nc1ccc(N(C)C)cc1)c1ccc(F)cc1Br. The fraction of sp³-hybridized carbons (Fsp3) is 0.250. The van der Waals surface area contributed by atoms with Gasteiger partial charge in [-0.2, -0.15) is 0 Å². The number of rotatable bonds is 4. The highest BCUT2D eigenvalue weighted by Crippen LogP contribution is 2.27. The predicted octanol–water partition coefficient (Wildman–Crippen LogP) is 4.83. The fourth-order valence-corrected chi connectivity index (χ4v) is 2.73. The maximum atomic E-state index is 13.1. The van der Waals surface area contributed by atoms with E-state index in [-0.39, 0.29) is 11.9 Å². The summed E-state index contributed by atoms with van der Waals surface area (Å²) in [6, 6.07) is 13.1. The lowest BCUT2D eigenvalue weighted by Crippen LogP contribution is -2.10. The van der Waals surface area contributed by atoms with E-state index in [2.05, 4.69) is 45.2 Å². The number of nitrogens with one attached hydrogen (secondary N) is 1. The van der Waals surface area contributed by atoms with Gasteiger partial charge in [-0.1, -0.05) is 22.0 Å². The zero-order valence-corrected chi connectivity index (χ0v) is 13.4. The van der Waals surface area contributed by atoms with Gasteiger partial charge in [-0.15, -0.1) is 0 Å². The average Bonchev–Trinajstić information content (AvgIpc) is 2.39. The van der Waals surface area contributed by atoms with Crippen molar-refractivity contribution < 1.29 is 4.39 Å². The molecule has 0 aliphatic heterocycles. The van der Waals surface area contributed by atoms with Gasteiger partial charge in [0.05, 0.1) is 0 Å². The van der Waals surface area contributed by atoms with Crippen LogP contribution in [0.4, 0.5) is 15.8 Å². The van der Waals surface area contributed by atoms with Crippen LogP contribution in [0, 0.1) is 5.82 Å². The molecular weight excluding hydrogens is 319 g/mol. The van der Waals surface area contributed by atoms with E-state index in [1.807, 2.05) is 26.2 Å². The summed E-state index contributed by atoms with van der Waals surface area (Å²) in [5.74, 6) is -0.233. The number of anilines is 2. The van der Waals surface area contributed by atoms with Crippen molar-refractivity contribution in [3.8, 4) is 0 Å². The molecule has 0 spiro atoms. The maximum absolute atomic E-state index is 13.1. The van der Waals surface area contributed by atoms with Crippen LogP contribution in [0.25, 0.3) is 0 Å². The van der Waals surface area contributed by atoms with Gasteiger partial charge in [0, 0.05) is 36.0 Å². The van der Waals surface area contributed by atoms with E-state index in [4.69, 9.17) is 0 Å². The van der Waals surface area contributed by atoms with Gasteiger partial charge < -0.3 is 10.2 Å². The van der Waals surface area contributed by atoms with Gasteiger partial charge >= 0.3 is 0 Å². The Kier molecular flexibility index (Phi) is 4.65. The van der Waals surface area contributed by atoms with Crippen molar-refractivity contribution in [2.75, 3.05) is 24.3 Å². The Labute approximate surface area is 127 Å². The Bertz CT molecular complexity index is 582. The molecule has 106 valence electrons. The summed E-state index contributed by atoms with van der Waals surface area (Å²) >= 11 is 3.41. The van der Waals surface area contributed by atoms with Crippen LogP contribution in [0.15, 0.2) is 46.9 Å². The summed E-state index contributed by atoms with van der Waals surface area (Å²) in [6.45, 7) is 2.05. The second-order valence-electron chi connectivity index (χ2n) is 4.97. The van der Waals surface area contributed by atoms with Gasteiger partial charge in [-0.25, -0.2) is 4.39 Å². The van der Waals surface area contributed by atoms with Crippen molar-refractivity contribution in [1.29, 1.82) is 0 Å². The molecule has 0 fully saturated rings. The molecule has 0 saturated heterocycles. The largest absolute Gasteiger partial charge is 0.378 e. The molecule has 0 aromatic heterocycles. The van der Waals surface area contributed by atoms with E-state index in [9.17, 15) is 4.39 Å². The number of hydrogen-bond donors (Lipinski definition) is 1. The van der Waals surface area contributed by atoms with E-state index in [0.717, 1.165) is 21.4 Å². The van der Waals surface area contributed by atoms with Gasteiger partial charge in [-0.05, 0) is 48.9 Å². The van der Waals surface area contributed by atoms with Crippen molar-refractivity contribution in [2.45, 2.75) is 13.0 Å². The van der Waals surface area contributed by atoms with Gasteiger partial charge in [0.2, 0.25) is 0 Å². The van der Waals surface area contributed by atoms with Crippen LogP contribution < -0.4 is 10.2 Å². The van der Waals surface area contributed by atoms with Crippen molar-refractivity contribution >= 4 is 27.3 Å². The zero-order chi connectivity index (χ0) is 14.7. The van der Waals surface area contributed by atoms with Crippen LogP contribution in [0.1, 0.15) is 18.5 Å². The molecule has 4 heteroatoms. The monoisotopic (exact) mass is 336 g/mol. The highest BCUT2D eigenvalue weighted by Gasteiger charge is 2.10. The average molecular weight is 337 g/mol. The van der Waals surface area contributed by atoms with Crippen LogP contribution in [-0.2, 0) is 0 Å². The van der Waals surface area contributed by atoms with Crippen molar-refractivity contribution in [2.24, 2.45) is 0 Å². The molecule has 2 aromatic carbocycles. The normalized spacial score (nSPS) is 12.1. The highest BCUT2D eigenvalue weighted by atomic mass is 79.9. The summed E-state index contributed by atoms with van der Waals surface area (Å²) < 4.78 is 13.9. The lowest BCUT2D eigenvalue weighted by molar-refractivity contribution is 0.625. The third-order valence-corrected chi connectivity index (χ3v) is 3.88. The Morgan fingerprint density at radius 2 is 1.75 bits per heavy atom. The lowest BCUT2D eigenvalue weighted by atomic mass is 10.1. The third-order valence-electron chi connectivity index (χ3n) is 3.20. The summed E-state index contributed by atoms with van der Waals surface area (Å²) in [4.78, 5) is 2.06. The maximum Gasteiger partial charge on any atom is 0.124 e. The predicted molar refractivity (Wildman–Crippen MR) is 86.9 cm³/mol. The second-order valence-corrected chi connectivity index (χ2v) is 5.83. The lowest BCUT2D eigenvalue weighted by Gasteiger charge is -2.18. The smallest absolute Gasteiger partial charge is 0.124 e. The second kappa shape index (κ2) is 6.27. The Morgan fingerprint density at radius 1 is 1.10 bits per heavy atom. The Balaban J connectivity index is 2.12. The minimum Gasteiger partial charge on any atom is -0.378 e. The zero-order valence-electron chi connectivity index (χ0n) is 11.8. The Morgan fingerprint density at radius 3 is 2.30 bits per heavy atom. The van der Waals surface area contributed by atoms with Crippen LogP contribution in [0.3, 0.4) is 0 Å². The standard InChI is InChI=1S/C16H18BrFN2/c1-11(15-9-4-12(18)10-16(15)17)19-13-5-7-14(8-6-13)20(2)3/h4-11,19H,1-3H3. The molecule has 1 unspecified atom stereocenters. The molecule has 1 N–H and O–H groups in total. The van der Waals surface area contributed by atoms with Gasteiger partial charge in [0.25, 0.3) is 0 Å². The molecule has 2 nitrogen and oxygen atoms in total. The Hall–Kier alpha value is -1.55. The molecule has 20 heavy (non-hydrogen) atoms. The molecule has 2 rings (SSSR count). The third kappa shape index (κ3) is 3.51. The van der Waals surface area contributed by atoms with Gasteiger partial charge in [0.15, 0.2) is 0 Å². The van der Waals surface area contributed by atoms with Crippen molar-refractivity contribution in [1.82, 2.24) is 0 Å².